The Morgan fingerprint density at radius 3 is 1.11 bits per heavy atom. The standard InChI is InChI=1S/2C17H12F3.C2H6Si.2CH3.Zr/c2*1-11-9-13-3-2-4-15(16(13)10-11)12-5-7-14(8-6-12)17(18,19)20;1-3-2;;;/h2*2-10H,1H3;1-2H3;2*1H3;/q2*-1;;2*-1;+4. The first-order valence-electron chi connectivity index (χ1n) is 13.6. The van der Waals surface area contributed by atoms with Crippen molar-refractivity contribution in [1.29, 1.82) is 0 Å². The van der Waals surface area contributed by atoms with E-state index in [9.17, 15) is 26.3 Å². The third-order valence-electron chi connectivity index (χ3n) is 6.84. The Labute approximate surface area is 290 Å². The zero-order valence-corrected chi connectivity index (χ0v) is 30.1. The first kappa shape index (κ1) is 40.8. The van der Waals surface area contributed by atoms with Crippen LogP contribution in [0.3, 0.4) is 0 Å². The van der Waals surface area contributed by atoms with Crippen molar-refractivity contribution < 1.29 is 52.5 Å². The summed E-state index contributed by atoms with van der Waals surface area (Å²) in [6, 6.07) is 30.6. The average molecular weight is 726 g/mol. The van der Waals surface area contributed by atoms with Crippen LogP contribution in [0.5, 0.6) is 0 Å². The van der Waals surface area contributed by atoms with Gasteiger partial charge in [-0.3, -0.25) is 0 Å². The number of halogens is 6. The van der Waals surface area contributed by atoms with Crippen molar-refractivity contribution >= 4 is 31.1 Å². The molecule has 0 unspecified atom stereocenters. The van der Waals surface area contributed by atoms with Crippen molar-refractivity contribution in [3.05, 3.63) is 146 Å². The maximum atomic E-state index is 12.6. The van der Waals surface area contributed by atoms with E-state index in [0.717, 1.165) is 88.7 Å². The Morgan fingerprint density at radius 1 is 0.522 bits per heavy atom. The van der Waals surface area contributed by atoms with Gasteiger partial charge in [-0.2, -0.15) is 38.5 Å². The van der Waals surface area contributed by atoms with Gasteiger partial charge in [-0.05, 0) is 35.4 Å². The van der Waals surface area contributed by atoms with Gasteiger partial charge < -0.3 is 14.9 Å². The molecular formula is C38H36F6SiZr. The number of hydrogen-bond acceptors (Lipinski definition) is 0. The number of fused-ring (bicyclic) bond motifs is 2. The van der Waals surface area contributed by atoms with E-state index in [1.54, 1.807) is 0 Å². The van der Waals surface area contributed by atoms with E-state index in [0.29, 0.717) is 0 Å². The molecule has 0 N–H and O–H groups in total. The number of alkyl halides is 6. The minimum atomic E-state index is -4.29. The summed E-state index contributed by atoms with van der Waals surface area (Å²) in [5, 5.41) is 4.37. The summed E-state index contributed by atoms with van der Waals surface area (Å²) < 4.78 is 75.5. The van der Waals surface area contributed by atoms with Crippen LogP contribution in [0.1, 0.15) is 22.3 Å². The van der Waals surface area contributed by atoms with E-state index in [1.807, 2.05) is 50.2 Å². The van der Waals surface area contributed by atoms with Gasteiger partial charge in [0, 0.05) is 9.52 Å². The minimum Gasteiger partial charge on any atom is -0.358 e. The van der Waals surface area contributed by atoms with Gasteiger partial charge in [0.2, 0.25) is 0 Å². The van der Waals surface area contributed by atoms with Crippen LogP contribution in [0.25, 0.3) is 43.8 Å². The van der Waals surface area contributed by atoms with Crippen molar-refractivity contribution in [1.82, 2.24) is 0 Å². The summed E-state index contributed by atoms with van der Waals surface area (Å²) >= 11 is 0. The van der Waals surface area contributed by atoms with Gasteiger partial charge in [0.25, 0.3) is 0 Å². The fraction of sp³-hybridized carbons (Fsp3) is 0.158. The van der Waals surface area contributed by atoms with E-state index in [1.165, 1.54) is 24.3 Å². The molecule has 0 heterocycles. The van der Waals surface area contributed by atoms with E-state index < -0.39 is 23.5 Å². The first-order chi connectivity index (χ1) is 20.3. The normalized spacial score (nSPS) is 10.8. The monoisotopic (exact) mass is 724 g/mol. The summed E-state index contributed by atoms with van der Waals surface area (Å²) in [5.41, 5.74) is 4.59. The maximum Gasteiger partial charge on any atom is 4.00 e. The molecule has 0 spiro atoms. The van der Waals surface area contributed by atoms with Crippen LogP contribution in [-0.2, 0) is 38.6 Å². The van der Waals surface area contributed by atoms with Gasteiger partial charge >= 0.3 is 38.6 Å². The molecular weight excluding hydrogens is 690 g/mol. The summed E-state index contributed by atoms with van der Waals surface area (Å²) in [6.45, 7) is 8.33. The Kier molecular flexibility index (Phi) is 15.2. The van der Waals surface area contributed by atoms with Crippen molar-refractivity contribution in [2.24, 2.45) is 0 Å². The van der Waals surface area contributed by atoms with Gasteiger partial charge in [0.05, 0.1) is 11.1 Å². The molecule has 0 aliphatic carbocycles. The Bertz CT molecular complexity index is 1660. The van der Waals surface area contributed by atoms with Crippen molar-refractivity contribution in [3.8, 4) is 22.3 Å². The van der Waals surface area contributed by atoms with Crippen molar-refractivity contribution in [2.45, 2.75) is 39.3 Å². The number of aryl methyl sites for hydroxylation is 2. The summed E-state index contributed by atoms with van der Waals surface area (Å²) in [6.07, 6.45) is -8.58. The molecule has 238 valence electrons. The SMILES string of the molecule is C[Si]C.Cc1cc2c(-c3ccc(C(F)(F)F)cc3)cccc2[cH-]1.Cc1cc2c(-c3ccc(C(F)(F)F)cc3)cccc2[cH-]1.[CH3-].[CH3-].[Zr+4]. The Morgan fingerprint density at radius 2 is 0.826 bits per heavy atom. The van der Waals surface area contributed by atoms with Gasteiger partial charge in [-0.15, -0.1) is 69.1 Å². The minimum absolute atomic E-state index is 0. The quantitative estimate of drug-likeness (QED) is 0.0947. The third-order valence-corrected chi connectivity index (χ3v) is 6.84. The molecule has 0 fully saturated rings. The predicted octanol–water partition coefficient (Wildman–Crippen LogP) is 12.8. The molecule has 0 atom stereocenters. The zero-order valence-electron chi connectivity index (χ0n) is 26.7. The predicted molar refractivity (Wildman–Crippen MR) is 180 cm³/mol. The van der Waals surface area contributed by atoms with Crippen LogP contribution in [0, 0.1) is 28.7 Å². The molecule has 0 amide bonds. The average Bonchev–Trinajstić information content (AvgIpc) is 3.53. The third kappa shape index (κ3) is 9.89. The van der Waals surface area contributed by atoms with E-state index in [4.69, 9.17) is 0 Å². The second kappa shape index (κ2) is 17.1. The largest absolute Gasteiger partial charge is 4.00 e. The second-order valence-corrected chi connectivity index (χ2v) is 11.3. The van der Waals surface area contributed by atoms with E-state index >= 15 is 0 Å². The number of rotatable bonds is 2. The van der Waals surface area contributed by atoms with Crippen LogP contribution >= 0.6 is 0 Å². The van der Waals surface area contributed by atoms with Crippen LogP contribution in [0.4, 0.5) is 26.3 Å². The van der Waals surface area contributed by atoms with Gasteiger partial charge in [0.1, 0.15) is 0 Å². The molecule has 0 saturated heterocycles. The first-order valence-corrected chi connectivity index (χ1v) is 15.6. The summed E-state index contributed by atoms with van der Waals surface area (Å²) in [4.78, 5) is 0. The van der Waals surface area contributed by atoms with Crippen molar-refractivity contribution in [2.75, 3.05) is 0 Å². The Hall–Kier alpha value is -3.22. The molecule has 6 rings (SSSR count). The Balaban J connectivity index is 0.000000400. The molecule has 46 heavy (non-hydrogen) atoms. The van der Waals surface area contributed by atoms with Crippen LogP contribution in [-0.4, -0.2) is 9.52 Å². The van der Waals surface area contributed by atoms with E-state index in [-0.39, 0.29) is 41.1 Å². The van der Waals surface area contributed by atoms with Crippen LogP contribution < -0.4 is 0 Å². The van der Waals surface area contributed by atoms with Crippen LogP contribution in [0.2, 0.25) is 13.1 Å². The number of benzene rings is 4. The zero-order chi connectivity index (χ0) is 31.4. The molecule has 0 bridgehead atoms. The molecule has 2 radical (unpaired) electrons. The van der Waals surface area contributed by atoms with Crippen LogP contribution in [0.15, 0.2) is 109 Å². The smallest absolute Gasteiger partial charge is 0.358 e. The molecule has 6 aromatic carbocycles. The molecule has 8 heteroatoms. The van der Waals surface area contributed by atoms with Gasteiger partial charge in [-0.1, -0.05) is 74.5 Å². The van der Waals surface area contributed by atoms with E-state index in [2.05, 4.69) is 37.4 Å². The maximum absolute atomic E-state index is 12.6. The molecule has 0 saturated carbocycles. The fourth-order valence-corrected chi connectivity index (χ4v) is 4.95. The summed E-state index contributed by atoms with van der Waals surface area (Å²) in [5.74, 6) is 0. The molecule has 0 aliphatic heterocycles. The molecule has 0 aliphatic rings. The van der Waals surface area contributed by atoms with Crippen molar-refractivity contribution in [3.63, 3.8) is 0 Å². The van der Waals surface area contributed by atoms with Gasteiger partial charge in [0.15, 0.2) is 0 Å². The fourth-order valence-electron chi connectivity index (χ4n) is 4.95. The molecule has 0 nitrogen and oxygen atoms in total. The summed E-state index contributed by atoms with van der Waals surface area (Å²) in [7, 11) is 1.08. The number of hydrogen-bond donors (Lipinski definition) is 0. The topological polar surface area (TPSA) is 0 Å². The molecule has 0 aromatic heterocycles. The molecule has 6 aromatic rings. The second-order valence-electron chi connectivity index (χ2n) is 10.3. The van der Waals surface area contributed by atoms with Gasteiger partial charge in [-0.25, -0.2) is 0 Å².